The van der Waals surface area contributed by atoms with Crippen LogP contribution in [0.5, 0.6) is 0 Å². The molecule has 14 heavy (non-hydrogen) atoms. The zero-order chi connectivity index (χ0) is 11.0. The Morgan fingerprint density at radius 1 is 1.21 bits per heavy atom. The summed E-state index contributed by atoms with van der Waals surface area (Å²) in [6.07, 6.45) is 3.39. The van der Waals surface area contributed by atoms with E-state index in [2.05, 4.69) is 5.32 Å². The van der Waals surface area contributed by atoms with Crippen molar-refractivity contribution >= 4 is 11.8 Å². The van der Waals surface area contributed by atoms with Crippen molar-refractivity contribution in [2.45, 2.75) is 39.5 Å². The molecule has 0 bridgehead atoms. The Bertz CT molecular complexity index is 191. The molecule has 82 valence electrons. The molecule has 0 fully saturated rings. The lowest BCUT2D eigenvalue weighted by atomic mass is 10.0. The second-order valence-electron chi connectivity index (χ2n) is 3.72. The highest BCUT2D eigenvalue weighted by Gasteiger charge is 2.05. The molecule has 0 rings (SSSR count). The van der Waals surface area contributed by atoms with E-state index in [1.54, 1.807) is 0 Å². The first kappa shape index (κ1) is 12.9. The van der Waals surface area contributed by atoms with E-state index in [1.807, 2.05) is 13.8 Å². The van der Waals surface area contributed by atoms with Gasteiger partial charge >= 0.3 is 6.03 Å². The summed E-state index contributed by atoms with van der Waals surface area (Å²) in [6.45, 7) is 4.43. The van der Waals surface area contributed by atoms with Crippen molar-refractivity contribution in [1.82, 2.24) is 5.32 Å². The number of amides is 2. The third kappa shape index (κ3) is 7.58. The summed E-state index contributed by atoms with van der Waals surface area (Å²) < 4.78 is 0. The molecular formula is C10H20N2O2. The van der Waals surface area contributed by atoms with Crippen LogP contribution in [0.1, 0.15) is 39.5 Å². The summed E-state index contributed by atoms with van der Waals surface area (Å²) >= 11 is 0. The Morgan fingerprint density at radius 2 is 1.86 bits per heavy atom. The summed E-state index contributed by atoms with van der Waals surface area (Å²) in [5.41, 5.74) is 4.89. The molecule has 0 radical (unpaired) electrons. The molecule has 3 N–H and O–H groups in total. The van der Waals surface area contributed by atoms with Crippen LogP contribution in [0.25, 0.3) is 0 Å². The summed E-state index contributed by atoms with van der Waals surface area (Å²) in [4.78, 5) is 21.5. The van der Waals surface area contributed by atoms with Crippen LogP contribution in [0.4, 0.5) is 4.79 Å². The zero-order valence-electron chi connectivity index (χ0n) is 9.01. The molecule has 0 atom stereocenters. The maximum atomic E-state index is 11.2. The lowest BCUT2D eigenvalue weighted by Crippen LogP contribution is -2.29. The maximum absolute atomic E-state index is 11.2. The minimum Gasteiger partial charge on any atom is -0.352 e. The van der Waals surface area contributed by atoms with Crippen molar-refractivity contribution in [3.63, 3.8) is 0 Å². The van der Waals surface area contributed by atoms with Gasteiger partial charge in [-0.05, 0) is 12.8 Å². The smallest absolute Gasteiger partial charge is 0.312 e. The first-order valence-corrected chi connectivity index (χ1v) is 5.10. The van der Waals surface area contributed by atoms with Gasteiger partial charge in [0.1, 0.15) is 5.78 Å². The van der Waals surface area contributed by atoms with Crippen molar-refractivity contribution in [3.8, 4) is 0 Å². The van der Waals surface area contributed by atoms with Gasteiger partial charge < -0.3 is 11.1 Å². The van der Waals surface area contributed by atoms with E-state index in [0.29, 0.717) is 18.7 Å². The van der Waals surface area contributed by atoms with E-state index < -0.39 is 6.03 Å². The largest absolute Gasteiger partial charge is 0.352 e. The molecule has 4 nitrogen and oxygen atoms in total. The average Bonchev–Trinajstić information content (AvgIpc) is 2.09. The summed E-state index contributed by atoms with van der Waals surface area (Å²) in [7, 11) is 0. The molecule has 0 heterocycles. The van der Waals surface area contributed by atoms with Gasteiger partial charge in [-0.15, -0.1) is 0 Å². The fourth-order valence-corrected chi connectivity index (χ4v) is 1.10. The van der Waals surface area contributed by atoms with Gasteiger partial charge in [0.2, 0.25) is 0 Å². The molecule has 0 aliphatic heterocycles. The summed E-state index contributed by atoms with van der Waals surface area (Å²) in [5.74, 6) is 0.451. The number of urea groups is 1. The Morgan fingerprint density at radius 3 is 2.36 bits per heavy atom. The monoisotopic (exact) mass is 200 g/mol. The van der Waals surface area contributed by atoms with Crippen LogP contribution >= 0.6 is 0 Å². The number of carbonyl (C=O) groups excluding carboxylic acids is 2. The predicted octanol–water partition coefficient (Wildman–Crippen LogP) is 1.44. The Hall–Kier alpha value is -1.06. The number of hydrogen-bond donors (Lipinski definition) is 2. The highest BCUT2D eigenvalue weighted by Crippen LogP contribution is 2.05. The Kier molecular flexibility index (Phi) is 6.80. The zero-order valence-corrected chi connectivity index (χ0v) is 9.01. The number of unbranched alkanes of at least 4 members (excludes halogenated alkanes) is 2. The molecule has 0 aromatic heterocycles. The quantitative estimate of drug-likeness (QED) is 0.610. The van der Waals surface area contributed by atoms with Gasteiger partial charge in [-0.2, -0.15) is 0 Å². The maximum Gasteiger partial charge on any atom is 0.312 e. The van der Waals surface area contributed by atoms with Crippen LogP contribution in [0.15, 0.2) is 0 Å². The summed E-state index contributed by atoms with van der Waals surface area (Å²) in [5, 5.41) is 2.51. The van der Waals surface area contributed by atoms with Gasteiger partial charge in [-0.3, -0.25) is 4.79 Å². The van der Waals surface area contributed by atoms with Gasteiger partial charge in [0.25, 0.3) is 0 Å². The van der Waals surface area contributed by atoms with Gasteiger partial charge in [0.05, 0.1) is 0 Å². The summed E-state index contributed by atoms with van der Waals surface area (Å²) in [6, 6.07) is -0.483. The van der Waals surface area contributed by atoms with Crippen molar-refractivity contribution < 1.29 is 9.59 Å². The van der Waals surface area contributed by atoms with E-state index in [4.69, 9.17) is 5.73 Å². The lowest BCUT2D eigenvalue weighted by Gasteiger charge is -2.04. The number of nitrogens with one attached hydrogen (secondary N) is 1. The van der Waals surface area contributed by atoms with Gasteiger partial charge in [-0.25, -0.2) is 4.79 Å². The normalized spacial score (nSPS) is 10.2. The molecule has 4 heteroatoms. The predicted molar refractivity (Wildman–Crippen MR) is 55.9 cm³/mol. The van der Waals surface area contributed by atoms with Crippen LogP contribution in [0.2, 0.25) is 0 Å². The number of Topliss-reactive ketones (excluding diaryl/α,β-unsaturated/α-hetero) is 1. The Labute approximate surface area is 85.2 Å². The average molecular weight is 200 g/mol. The molecule has 0 aromatic carbocycles. The number of carbonyl (C=O) groups is 2. The van der Waals surface area contributed by atoms with Crippen LogP contribution in [-0.2, 0) is 4.79 Å². The molecule has 0 spiro atoms. The van der Waals surface area contributed by atoms with E-state index in [-0.39, 0.29) is 5.92 Å². The van der Waals surface area contributed by atoms with E-state index in [0.717, 1.165) is 19.3 Å². The van der Waals surface area contributed by atoms with Crippen molar-refractivity contribution in [2.24, 2.45) is 11.7 Å². The number of primary amides is 1. The number of rotatable bonds is 7. The molecule has 0 aliphatic rings. The van der Waals surface area contributed by atoms with Crippen LogP contribution in [0, 0.1) is 5.92 Å². The van der Waals surface area contributed by atoms with Gasteiger partial charge in [0, 0.05) is 18.9 Å². The van der Waals surface area contributed by atoms with Crippen molar-refractivity contribution in [3.05, 3.63) is 0 Å². The third-order valence-corrected chi connectivity index (χ3v) is 2.04. The first-order valence-electron chi connectivity index (χ1n) is 5.10. The lowest BCUT2D eigenvalue weighted by molar-refractivity contribution is -0.122. The Balaban J connectivity index is 3.22. The fraction of sp³-hybridized carbons (Fsp3) is 0.800. The standard InChI is InChI=1S/C10H20N2O2/c1-8(2)9(13)6-4-3-5-7-12-10(11)14/h8H,3-7H2,1-2H3,(H3,11,12,14). The first-order chi connectivity index (χ1) is 6.54. The van der Waals surface area contributed by atoms with Crippen LogP contribution in [0.3, 0.4) is 0 Å². The highest BCUT2D eigenvalue weighted by atomic mass is 16.2. The fourth-order valence-electron chi connectivity index (χ4n) is 1.10. The van der Waals surface area contributed by atoms with Crippen LogP contribution in [-0.4, -0.2) is 18.4 Å². The number of nitrogens with two attached hydrogens (primary N) is 1. The number of hydrogen-bond acceptors (Lipinski definition) is 2. The molecule has 0 saturated heterocycles. The minimum absolute atomic E-state index is 0.138. The molecular weight excluding hydrogens is 180 g/mol. The molecule has 0 saturated carbocycles. The van der Waals surface area contributed by atoms with Crippen molar-refractivity contribution in [2.75, 3.05) is 6.54 Å². The second kappa shape index (κ2) is 7.35. The molecule has 0 aliphatic carbocycles. The van der Waals surface area contributed by atoms with Crippen molar-refractivity contribution in [1.29, 1.82) is 0 Å². The highest BCUT2D eigenvalue weighted by molar-refractivity contribution is 5.80. The third-order valence-electron chi connectivity index (χ3n) is 2.04. The SMILES string of the molecule is CC(C)C(=O)CCCCCNC(N)=O. The molecule has 0 unspecified atom stereocenters. The van der Waals surface area contributed by atoms with E-state index in [9.17, 15) is 9.59 Å². The molecule has 2 amide bonds. The number of ketones is 1. The van der Waals surface area contributed by atoms with E-state index in [1.165, 1.54) is 0 Å². The minimum atomic E-state index is -0.483. The second-order valence-corrected chi connectivity index (χ2v) is 3.72. The van der Waals surface area contributed by atoms with Gasteiger partial charge in [-0.1, -0.05) is 20.3 Å². The van der Waals surface area contributed by atoms with Gasteiger partial charge in [0.15, 0.2) is 0 Å². The molecule has 0 aromatic rings. The van der Waals surface area contributed by atoms with E-state index >= 15 is 0 Å². The van der Waals surface area contributed by atoms with Crippen LogP contribution < -0.4 is 11.1 Å². The topological polar surface area (TPSA) is 72.2 Å².